The van der Waals surface area contributed by atoms with Gasteiger partial charge in [-0.15, -0.1) is 0 Å². The van der Waals surface area contributed by atoms with E-state index in [1.165, 1.54) is 0 Å². The standard InChI is InChI=1S/C23H26N2O4/c1-13(2)19-18(28-5)11-6-14-12-17(22(27)29-20(14)19)21(26)25-16-9-7-15(8-10-16)23(3,4)24/h6-13H,24H2,1-5H3,(H,25,26). The van der Waals surface area contributed by atoms with E-state index in [0.717, 1.165) is 11.1 Å². The summed E-state index contributed by atoms with van der Waals surface area (Å²) in [5.74, 6) is 0.208. The van der Waals surface area contributed by atoms with E-state index in [1.54, 1.807) is 31.4 Å². The number of nitrogens with two attached hydrogens (primary N) is 1. The van der Waals surface area contributed by atoms with Gasteiger partial charge in [0.2, 0.25) is 0 Å². The molecule has 1 aromatic heterocycles. The van der Waals surface area contributed by atoms with E-state index in [-0.39, 0.29) is 11.5 Å². The summed E-state index contributed by atoms with van der Waals surface area (Å²) in [7, 11) is 1.57. The van der Waals surface area contributed by atoms with Crippen molar-refractivity contribution in [2.24, 2.45) is 5.73 Å². The largest absolute Gasteiger partial charge is 0.496 e. The molecule has 6 nitrogen and oxygen atoms in total. The van der Waals surface area contributed by atoms with Crippen LogP contribution >= 0.6 is 0 Å². The average molecular weight is 394 g/mol. The third-order valence-electron chi connectivity index (χ3n) is 4.83. The van der Waals surface area contributed by atoms with Gasteiger partial charge in [0.05, 0.1) is 7.11 Å². The molecule has 0 radical (unpaired) electrons. The molecule has 0 atom stereocenters. The average Bonchev–Trinajstić information content (AvgIpc) is 2.65. The number of hydrogen-bond donors (Lipinski definition) is 2. The van der Waals surface area contributed by atoms with Crippen molar-refractivity contribution in [1.82, 2.24) is 0 Å². The first-order chi connectivity index (χ1) is 13.6. The van der Waals surface area contributed by atoms with Crippen molar-refractivity contribution in [2.75, 3.05) is 12.4 Å². The van der Waals surface area contributed by atoms with E-state index in [4.69, 9.17) is 14.9 Å². The van der Waals surface area contributed by atoms with Crippen molar-refractivity contribution >= 4 is 22.6 Å². The first-order valence-corrected chi connectivity index (χ1v) is 9.47. The highest BCUT2D eigenvalue weighted by Gasteiger charge is 2.20. The zero-order valence-corrected chi connectivity index (χ0v) is 17.3. The van der Waals surface area contributed by atoms with Crippen molar-refractivity contribution in [3.05, 3.63) is 69.6 Å². The highest BCUT2D eigenvalue weighted by atomic mass is 16.5. The van der Waals surface area contributed by atoms with E-state index >= 15 is 0 Å². The summed E-state index contributed by atoms with van der Waals surface area (Å²) in [4.78, 5) is 25.2. The summed E-state index contributed by atoms with van der Waals surface area (Å²) in [5.41, 5.74) is 7.61. The number of hydrogen-bond acceptors (Lipinski definition) is 5. The van der Waals surface area contributed by atoms with Gasteiger partial charge in [0.1, 0.15) is 16.9 Å². The Bertz CT molecular complexity index is 1110. The molecule has 2 aromatic carbocycles. The fourth-order valence-corrected chi connectivity index (χ4v) is 3.25. The number of methoxy groups -OCH3 is 1. The Morgan fingerprint density at radius 1 is 1.14 bits per heavy atom. The first-order valence-electron chi connectivity index (χ1n) is 9.47. The maximum absolute atomic E-state index is 12.7. The van der Waals surface area contributed by atoms with Crippen LogP contribution < -0.4 is 21.4 Å². The Morgan fingerprint density at radius 3 is 2.34 bits per heavy atom. The van der Waals surface area contributed by atoms with E-state index in [9.17, 15) is 9.59 Å². The van der Waals surface area contributed by atoms with Crippen LogP contribution in [0.25, 0.3) is 11.0 Å². The summed E-state index contributed by atoms with van der Waals surface area (Å²) < 4.78 is 10.9. The van der Waals surface area contributed by atoms with Crippen LogP contribution in [0.3, 0.4) is 0 Å². The van der Waals surface area contributed by atoms with Gasteiger partial charge in [-0.25, -0.2) is 4.79 Å². The minimum Gasteiger partial charge on any atom is -0.496 e. The van der Waals surface area contributed by atoms with Gasteiger partial charge in [-0.2, -0.15) is 0 Å². The van der Waals surface area contributed by atoms with Crippen LogP contribution in [0.15, 0.2) is 51.7 Å². The highest BCUT2D eigenvalue weighted by Crippen LogP contribution is 2.33. The van der Waals surface area contributed by atoms with Crippen molar-refractivity contribution in [3.8, 4) is 5.75 Å². The number of carbonyl (C=O) groups is 1. The number of benzene rings is 2. The van der Waals surface area contributed by atoms with Crippen LogP contribution in [-0.4, -0.2) is 13.0 Å². The molecule has 0 bridgehead atoms. The second-order valence-electron chi connectivity index (χ2n) is 7.96. The number of amides is 1. The van der Waals surface area contributed by atoms with Gasteiger partial charge in [0, 0.05) is 22.2 Å². The van der Waals surface area contributed by atoms with Crippen molar-refractivity contribution in [2.45, 2.75) is 39.2 Å². The zero-order chi connectivity index (χ0) is 21.3. The minimum atomic E-state index is -0.690. The Morgan fingerprint density at radius 2 is 1.79 bits per heavy atom. The molecule has 0 saturated heterocycles. The van der Waals surface area contributed by atoms with Gasteiger partial charge in [0.15, 0.2) is 0 Å². The molecular weight excluding hydrogens is 368 g/mol. The summed E-state index contributed by atoms with van der Waals surface area (Å²) in [6.07, 6.45) is 0. The van der Waals surface area contributed by atoms with Gasteiger partial charge >= 0.3 is 5.63 Å². The minimum absolute atomic E-state index is 0.0550. The van der Waals surface area contributed by atoms with E-state index in [2.05, 4.69) is 5.32 Å². The monoisotopic (exact) mass is 394 g/mol. The molecule has 3 rings (SSSR count). The quantitative estimate of drug-likeness (QED) is 0.627. The highest BCUT2D eigenvalue weighted by molar-refractivity contribution is 6.05. The van der Waals surface area contributed by atoms with Gasteiger partial charge in [-0.05, 0) is 55.7 Å². The topological polar surface area (TPSA) is 94.6 Å². The summed E-state index contributed by atoms with van der Waals surface area (Å²) in [5, 5.41) is 3.40. The maximum atomic E-state index is 12.7. The summed E-state index contributed by atoms with van der Waals surface area (Å²) >= 11 is 0. The van der Waals surface area contributed by atoms with Crippen molar-refractivity contribution < 1.29 is 13.9 Å². The molecule has 1 heterocycles. The third-order valence-corrected chi connectivity index (χ3v) is 4.83. The lowest BCUT2D eigenvalue weighted by Crippen LogP contribution is -2.28. The number of nitrogens with one attached hydrogen (secondary N) is 1. The van der Waals surface area contributed by atoms with Crippen LogP contribution in [0.2, 0.25) is 0 Å². The van der Waals surface area contributed by atoms with Gasteiger partial charge < -0.3 is 20.2 Å². The number of ether oxygens (including phenoxy) is 1. The van der Waals surface area contributed by atoms with Crippen LogP contribution in [0.4, 0.5) is 5.69 Å². The molecule has 0 unspecified atom stereocenters. The normalized spacial score (nSPS) is 11.7. The third kappa shape index (κ3) is 4.17. The molecule has 3 N–H and O–H groups in total. The molecule has 0 aliphatic heterocycles. The smallest absolute Gasteiger partial charge is 0.349 e. The number of fused-ring (bicyclic) bond motifs is 1. The summed E-state index contributed by atoms with van der Waals surface area (Å²) in [6, 6.07) is 12.3. The van der Waals surface area contributed by atoms with Crippen LogP contribution in [0.1, 0.15) is 55.1 Å². The summed E-state index contributed by atoms with van der Waals surface area (Å²) in [6.45, 7) is 7.79. The predicted octanol–water partition coefficient (Wildman–Crippen LogP) is 4.37. The Labute approximate surface area is 169 Å². The molecule has 0 aliphatic carbocycles. The molecule has 0 aliphatic rings. The second kappa shape index (κ2) is 7.72. The Balaban J connectivity index is 1.96. The maximum Gasteiger partial charge on any atom is 0.349 e. The van der Waals surface area contributed by atoms with Crippen LogP contribution in [0.5, 0.6) is 5.75 Å². The molecule has 3 aromatic rings. The zero-order valence-electron chi connectivity index (χ0n) is 17.3. The SMILES string of the molecule is COc1ccc2cc(C(=O)Nc3ccc(C(C)(C)N)cc3)c(=O)oc2c1C(C)C. The Kier molecular flexibility index (Phi) is 5.48. The molecule has 6 heteroatoms. The predicted molar refractivity (Wildman–Crippen MR) is 115 cm³/mol. The van der Waals surface area contributed by atoms with E-state index in [0.29, 0.717) is 22.4 Å². The lowest BCUT2D eigenvalue weighted by atomic mass is 9.95. The first kappa shape index (κ1) is 20.6. The molecular formula is C23H26N2O4. The fraction of sp³-hybridized carbons (Fsp3) is 0.304. The Hall–Kier alpha value is -3.12. The molecule has 0 fully saturated rings. The van der Waals surface area contributed by atoms with Gasteiger partial charge in [0.25, 0.3) is 5.91 Å². The van der Waals surface area contributed by atoms with E-state index < -0.39 is 17.1 Å². The van der Waals surface area contributed by atoms with Crippen molar-refractivity contribution in [1.29, 1.82) is 0 Å². The molecule has 0 spiro atoms. The molecule has 1 amide bonds. The van der Waals surface area contributed by atoms with Crippen molar-refractivity contribution in [3.63, 3.8) is 0 Å². The lowest BCUT2D eigenvalue weighted by molar-refractivity contribution is 0.102. The van der Waals surface area contributed by atoms with Gasteiger partial charge in [-0.1, -0.05) is 26.0 Å². The number of anilines is 1. The fourth-order valence-electron chi connectivity index (χ4n) is 3.25. The molecule has 0 saturated carbocycles. The lowest BCUT2D eigenvalue weighted by Gasteiger charge is -2.19. The molecule has 29 heavy (non-hydrogen) atoms. The van der Waals surface area contributed by atoms with Gasteiger partial charge in [-0.3, -0.25) is 4.79 Å². The van der Waals surface area contributed by atoms with Crippen LogP contribution in [-0.2, 0) is 5.54 Å². The number of rotatable bonds is 5. The number of carbonyl (C=O) groups excluding carboxylic acids is 1. The second-order valence-corrected chi connectivity index (χ2v) is 7.96. The van der Waals surface area contributed by atoms with E-state index in [1.807, 2.05) is 45.9 Å². The van der Waals surface area contributed by atoms with Crippen LogP contribution in [0, 0.1) is 0 Å². The molecule has 152 valence electrons.